The van der Waals surface area contributed by atoms with Crippen molar-refractivity contribution >= 4 is 46.4 Å². The van der Waals surface area contributed by atoms with E-state index in [-0.39, 0.29) is 30.7 Å². The minimum absolute atomic E-state index is 0.0526. The summed E-state index contributed by atoms with van der Waals surface area (Å²) in [5.74, 6) is 0.179. The van der Waals surface area contributed by atoms with Crippen LogP contribution in [0.3, 0.4) is 0 Å². The maximum Gasteiger partial charge on any atom is 0.412 e. The first-order chi connectivity index (χ1) is 22.0. The van der Waals surface area contributed by atoms with E-state index in [2.05, 4.69) is 27.9 Å². The molecule has 2 saturated heterocycles. The number of para-hydroxylation sites is 4. The SMILES string of the molecule is CC1C(N(C(=O)NCc2ccc(C(=O)Nc3ccccc3NC(=O)OC(C)(C)C)cc2)c2nc3ccccc3[nH]2)[N+]12CCOCC2. The van der Waals surface area contributed by atoms with Crippen LogP contribution in [0.25, 0.3) is 11.0 Å². The van der Waals surface area contributed by atoms with Gasteiger partial charge in [0.1, 0.15) is 18.7 Å². The van der Waals surface area contributed by atoms with Crippen molar-refractivity contribution in [2.24, 2.45) is 0 Å². The summed E-state index contributed by atoms with van der Waals surface area (Å²) in [7, 11) is 0. The number of aromatic amines is 1. The average molecular weight is 627 g/mol. The number of rotatable bonds is 7. The summed E-state index contributed by atoms with van der Waals surface area (Å²) in [4.78, 5) is 49.1. The Morgan fingerprint density at radius 2 is 1.61 bits per heavy atom. The predicted molar refractivity (Wildman–Crippen MR) is 176 cm³/mol. The molecule has 4 aromatic rings. The number of H-pyrrole nitrogens is 1. The van der Waals surface area contributed by atoms with Crippen molar-refractivity contribution in [1.82, 2.24) is 15.3 Å². The molecule has 4 amide bonds. The van der Waals surface area contributed by atoms with Crippen molar-refractivity contribution < 1.29 is 28.3 Å². The predicted octanol–water partition coefficient (Wildman–Crippen LogP) is 5.45. The number of ether oxygens (including phenoxy) is 2. The molecule has 240 valence electrons. The molecule has 0 aliphatic carbocycles. The third-order valence-electron chi connectivity index (χ3n) is 8.54. The first kappa shape index (κ1) is 31.1. The van der Waals surface area contributed by atoms with Gasteiger partial charge in [-0.2, -0.15) is 0 Å². The molecule has 12 heteroatoms. The molecule has 2 fully saturated rings. The number of benzene rings is 3. The van der Waals surface area contributed by atoms with Crippen molar-refractivity contribution in [2.45, 2.75) is 52.0 Å². The third kappa shape index (κ3) is 6.53. The number of hydrogen-bond donors (Lipinski definition) is 4. The van der Waals surface area contributed by atoms with Crippen LogP contribution in [-0.4, -0.2) is 76.6 Å². The fraction of sp³-hybridized carbons (Fsp3) is 0.353. The molecule has 12 nitrogen and oxygen atoms in total. The number of anilines is 3. The Morgan fingerprint density at radius 3 is 2.28 bits per heavy atom. The number of nitrogens with one attached hydrogen (secondary N) is 4. The first-order valence-electron chi connectivity index (χ1n) is 15.5. The highest BCUT2D eigenvalue weighted by Crippen LogP contribution is 2.44. The zero-order valence-corrected chi connectivity index (χ0v) is 26.5. The lowest BCUT2D eigenvalue weighted by Crippen LogP contribution is -2.50. The van der Waals surface area contributed by atoms with Gasteiger partial charge in [-0.3, -0.25) is 14.6 Å². The van der Waals surface area contributed by atoms with Crippen LogP contribution in [0.4, 0.5) is 26.9 Å². The van der Waals surface area contributed by atoms with E-state index in [1.165, 1.54) is 0 Å². The number of morpholine rings is 1. The largest absolute Gasteiger partial charge is 0.444 e. The zero-order chi connectivity index (χ0) is 32.5. The van der Waals surface area contributed by atoms with Gasteiger partial charge in [-0.05, 0) is 69.7 Å². The molecule has 1 aromatic heterocycles. The lowest BCUT2D eigenvalue weighted by Gasteiger charge is -2.28. The molecule has 3 heterocycles. The maximum absolute atomic E-state index is 13.8. The highest BCUT2D eigenvalue weighted by molar-refractivity contribution is 6.07. The van der Waals surface area contributed by atoms with E-state index in [1.807, 2.05) is 24.3 Å². The molecule has 6 rings (SSSR count). The molecule has 2 aliphatic rings. The van der Waals surface area contributed by atoms with Crippen LogP contribution in [0.5, 0.6) is 0 Å². The van der Waals surface area contributed by atoms with Crippen molar-refractivity contribution in [3.8, 4) is 0 Å². The van der Waals surface area contributed by atoms with Gasteiger partial charge in [0.05, 0.1) is 35.6 Å². The number of aromatic nitrogens is 2. The second kappa shape index (κ2) is 12.5. The van der Waals surface area contributed by atoms with Crippen LogP contribution in [0.1, 0.15) is 43.6 Å². The minimum Gasteiger partial charge on any atom is -0.444 e. The second-order valence-electron chi connectivity index (χ2n) is 12.7. The van der Waals surface area contributed by atoms with Gasteiger partial charge in [0.15, 0.2) is 6.04 Å². The number of carbonyl (C=O) groups excluding carboxylic acids is 3. The van der Waals surface area contributed by atoms with Crippen LogP contribution >= 0.6 is 0 Å². The number of hydrogen-bond acceptors (Lipinski definition) is 6. The topological polar surface area (TPSA) is 138 Å². The summed E-state index contributed by atoms with van der Waals surface area (Å²) in [6, 6.07) is 21.7. The van der Waals surface area contributed by atoms with E-state index in [0.29, 0.717) is 36.1 Å². The van der Waals surface area contributed by atoms with E-state index in [1.54, 1.807) is 74.2 Å². The van der Waals surface area contributed by atoms with Crippen LogP contribution in [-0.2, 0) is 16.0 Å². The van der Waals surface area contributed by atoms with Crippen molar-refractivity contribution in [3.63, 3.8) is 0 Å². The van der Waals surface area contributed by atoms with Crippen LogP contribution in [0, 0.1) is 0 Å². The lowest BCUT2D eigenvalue weighted by molar-refractivity contribution is -0.834. The van der Waals surface area contributed by atoms with E-state index >= 15 is 0 Å². The van der Waals surface area contributed by atoms with Gasteiger partial charge >= 0.3 is 12.1 Å². The van der Waals surface area contributed by atoms with Crippen LogP contribution in [0.15, 0.2) is 72.8 Å². The molecule has 0 radical (unpaired) electrons. The summed E-state index contributed by atoms with van der Waals surface area (Å²) < 4.78 is 11.8. The van der Waals surface area contributed by atoms with Crippen molar-refractivity contribution in [3.05, 3.63) is 83.9 Å². The standard InChI is InChI=1S/C34H39N7O5/c1-22-30(41(22)17-19-45-20-18-41)40(31-37-26-10-6-7-11-27(26)38-31)32(43)35-21-23-13-15-24(16-14-23)29(42)36-25-9-5-8-12-28(25)39-33(44)46-34(2,3)4/h5-16,22,30H,17-21H2,1-4H3,(H3-,35,36,37,38,39,42,43,44)/p+1. The van der Waals surface area contributed by atoms with Crippen molar-refractivity contribution in [1.29, 1.82) is 0 Å². The Kier molecular flexibility index (Phi) is 8.41. The number of carbonyl (C=O) groups is 3. The molecule has 3 aromatic carbocycles. The van der Waals surface area contributed by atoms with E-state index < -0.39 is 11.7 Å². The Balaban J connectivity index is 1.12. The number of imidazole rings is 1. The highest BCUT2D eigenvalue weighted by Gasteiger charge is 2.68. The fourth-order valence-electron chi connectivity index (χ4n) is 6.13. The van der Waals surface area contributed by atoms with Gasteiger partial charge in [-0.15, -0.1) is 0 Å². The Hall–Kier alpha value is -4.94. The maximum atomic E-state index is 13.8. The van der Waals surface area contributed by atoms with Gasteiger partial charge in [-0.25, -0.2) is 19.5 Å². The number of fused-ring (bicyclic) bond motifs is 1. The summed E-state index contributed by atoms with van der Waals surface area (Å²) in [6.07, 6.45) is -0.666. The molecule has 2 aliphatic heterocycles. The molecule has 2 unspecified atom stereocenters. The van der Waals surface area contributed by atoms with Crippen molar-refractivity contribution in [2.75, 3.05) is 41.8 Å². The summed E-state index contributed by atoms with van der Waals surface area (Å²) in [6.45, 7) is 10.8. The van der Waals surface area contributed by atoms with Gasteiger partial charge < -0.3 is 25.1 Å². The number of urea groups is 1. The Bertz CT molecular complexity index is 1710. The average Bonchev–Trinajstić information content (AvgIpc) is 3.33. The number of quaternary nitrogens is 1. The van der Waals surface area contributed by atoms with E-state index in [9.17, 15) is 14.4 Å². The fourth-order valence-corrected chi connectivity index (χ4v) is 6.13. The summed E-state index contributed by atoms with van der Waals surface area (Å²) >= 11 is 0. The summed E-state index contributed by atoms with van der Waals surface area (Å²) in [5, 5.41) is 8.61. The molecule has 46 heavy (non-hydrogen) atoms. The van der Waals surface area contributed by atoms with Crippen LogP contribution < -0.4 is 20.9 Å². The number of amides is 4. The Labute approximate surface area is 267 Å². The molecule has 1 spiro atoms. The normalized spacial score (nSPS) is 18.5. The number of nitrogens with zero attached hydrogens (tertiary/aromatic N) is 3. The smallest absolute Gasteiger partial charge is 0.412 e. The monoisotopic (exact) mass is 626 g/mol. The van der Waals surface area contributed by atoms with Crippen LogP contribution in [0.2, 0.25) is 0 Å². The quantitative estimate of drug-likeness (QED) is 0.159. The highest BCUT2D eigenvalue weighted by atomic mass is 16.6. The Morgan fingerprint density at radius 1 is 0.957 bits per heavy atom. The lowest BCUT2D eigenvalue weighted by atomic mass is 10.1. The summed E-state index contributed by atoms with van der Waals surface area (Å²) in [5.41, 5.74) is 3.14. The minimum atomic E-state index is -0.655. The van der Waals surface area contributed by atoms with Gasteiger partial charge in [0.25, 0.3) is 5.91 Å². The molecule has 0 bridgehead atoms. The molecule has 4 N–H and O–H groups in total. The van der Waals surface area contributed by atoms with Gasteiger partial charge in [-0.1, -0.05) is 36.4 Å². The second-order valence-corrected chi connectivity index (χ2v) is 12.7. The molecular weight excluding hydrogens is 586 g/mol. The third-order valence-corrected chi connectivity index (χ3v) is 8.54. The first-order valence-corrected chi connectivity index (χ1v) is 15.5. The molecular formula is C34H40N7O5+. The molecule has 2 atom stereocenters. The van der Waals surface area contributed by atoms with E-state index in [4.69, 9.17) is 14.5 Å². The van der Waals surface area contributed by atoms with Gasteiger partial charge in [0, 0.05) is 12.1 Å². The zero-order valence-electron chi connectivity index (χ0n) is 26.5. The molecule has 0 saturated carbocycles. The van der Waals surface area contributed by atoms with E-state index in [0.717, 1.165) is 34.2 Å². The van der Waals surface area contributed by atoms with Gasteiger partial charge in [0.2, 0.25) is 12.1 Å².